The van der Waals surface area contributed by atoms with Gasteiger partial charge in [0.05, 0.1) is 12.5 Å². The van der Waals surface area contributed by atoms with Gasteiger partial charge in [0.15, 0.2) is 0 Å². The minimum atomic E-state index is -0.413. The predicted molar refractivity (Wildman–Crippen MR) is 65.2 cm³/mol. The molecule has 1 saturated carbocycles. The van der Waals surface area contributed by atoms with E-state index < -0.39 is 5.41 Å². The molecule has 1 N–H and O–H groups in total. The summed E-state index contributed by atoms with van der Waals surface area (Å²) in [5.41, 5.74) is -0.413. The molecule has 0 radical (unpaired) electrons. The lowest BCUT2D eigenvalue weighted by molar-refractivity contribution is -0.150. The normalized spacial score (nSPS) is 18.4. The summed E-state index contributed by atoms with van der Waals surface area (Å²) in [6.45, 7) is 5.59. The molecular formula is C13H25NO2. The van der Waals surface area contributed by atoms with Gasteiger partial charge in [-0.1, -0.05) is 19.3 Å². The third-order valence-electron chi connectivity index (χ3n) is 3.46. The second-order valence-electron chi connectivity index (χ2n) is 5.51. The SMILES string of the molecule is COC(=O)C(C)(C)CNCC1CCCCC1. The molecule has 1 fully saturated rings. The fourth-order valence-corrected chi connectivity index (χ4v) is 2.33. The van der Waals surface area contributed by atoms with E-state index in [4.69, 9.17) is 4.74 Å². The molecule has 0 aliphatic heterocycles. The summed E-state index contributed by atoms with van der Waals surface area (Å²) >= 11 is 0. The summed E-state index contributed by atoms with van der Waals surface area (Å²) in [4.78, 5) is 11.5. The Bertz CT molecular complexity index is 220. The van der Waals surface area contributed by atoms with Crippen molar-refractivity contribution in [1.82, 2.24) is 5.32 Å². The molecule has 0 aromatic heterocycles. The van der Waals surface area contributed by atoms with E-state index in [1.807, 2.05) is 13.8 Å². The molecule has 16 heavy (non-hydrogen) atoms. The second kappa shape index (κ2) is 6.24. The van der Waals surface area contributed by atoms with Crippen LogP contribution in [0.15, 0.2) is 0 Å². The van der Waals surface area contributed by atoms with Crippen LogP contribution < -0.4 is 5.32 Å². The molecule has 0 bridgehead atoms. The van der Waals surface area contributed by atoms with E-state index in [9.17, 15) is 4.79 Å². The Kier molecular flexibility index (Phi) is 5.26. The van der Waals surface area contributed by atoms with Crippen LogP contribution in [0, 0.1) is 11.3 Å². The van der Waals surface area contributed by atoms with Gasteiger partial charge in [-0.2, -0.15) is 0 Å². The maximum Gasteiger partial charge on any atom is 0.312 e. The molecule has 1 aliphatic rings. The van der Waals surface area contributed by atoms with Crippen molar-refractivity contribution in [3.8, 4) is 0 Å². The van der Waals surface area contributed by atoms with Gasteiger partial charge < -0.3 is 10.1 Å². The third kappa shape index (κ3) is 4.12. The van der Waals surface area contributed by atoms with Crippen LogP contribution in [-0.4, -0.2) is 26.2 Å². The molecule has 1 aliphatic carbocycles. The van der Waals surface area contributed by atoms with Gasteiger partial charge in [0.1, 0.15) is 0 Å². The largest absolute Gasteiger partial charge is 0.469 e. The highest BCUT2D eigenvalue weighted by Crippen LogP contribution is 2.23. The molecule has 94 valence electrons. The maximum absolute atomic E-state index is 11.5. The molecule has 0 amide bonds. The van der Waals surface area contributed by atoms with E-state index in [2.05, 4.69) is 5.32 Å². The Hall–Kier alpha value is -0.570. The number of methoxy groups -OCH3 is 1. The average molecular weight is 227 g/mol. The summed E-state index contributed by atoms with van der Waals surface area (Å²) < 4.78 is 4.78. The zero-order chi connectivity index (χ0) is 12.0. The quantitative estimate of drug-likeness (QED) is 0.733. The van der Waals surface area contributed by atoms with Gasteiger partial charge in [-0.15, -0.1) is 0 Å². The van der Waals surface area contributed by atoms with E-state index in [-0.39, 0.29) is 5.97 Å². The topological polar surface area (TPSA) is 38.3 Å². The van der Waals surface area contributed by atoms with Crippen LogP contribution in [0.4, 0.5) is 0 Å². The summed E-state index contributed by atoms with van der Waals surface area (Å²) in [5.74, 6) is 0.672. The van der Waals surface area contributed by atoms with Crippen molar-refractivity contribution in [2.45, 2.75) is 46.0 Å². The molecule has 0 unspecified atom stereocenters. The monoisotopic (exact) mass is 227 g/mol. The van der Waals surface area contributed by atoms with Gasteiger partial charge in [-0.3, -0.25) is 4.79 Å². The Morgan fingerprint density at radius 1 is 1.31 bits per heavy atom. The lowest BCUT2D eigenvalue weighted by atomic mass is 9.88. The molecule has 0 heterocycles. The van der Waals surface area contributed by atoms with Crippen LogP contribution in [0.25, 0.3) is 0 Å². The Balaban J connectivity index is 2.20. The zero-order valence-corrected chi connectivity index (χ0v) is 10.8. The molecule has 0 saturated heterocycles. The molecule has 0 atom stereocenters. The molecule has 0 spiro atoms. The van der Waals surface area contributed by atoms with E-state index >= 15 is 0 Å². The maximum atomic E-state index is 11.5. The van der Waals surface area contributed by atoms with E-state index in [1.165, 1.54) is 39.2 Å². The van der Waals surface area contributed by atoms with Crippen molar-refractivity contribution in [1.29, 1.82) is 0 Å². The number of esters is 1. The fraction of sp³-hybridized carbons (Fsp3) is 0.923. The number of nitrogens with one attached hydrogen (secondary N) is 1. The molecular weight excluding hydrogens is 202 g/mol. The van der Waals surface area contributed by atoms with E-state index in [0.29, 0.717) is 6.54 Å². The van der Waals surface area contributed by atoms with Gasteiger partial charge in [-0.05, 0) is 39.2 Å². The Labute approximate surface area is 98.9 Å². The highest BCUT2D eigenvalue weighted by molar-refractivity contribution is 5.76. The first-order chi connectivity index (χ1) is 7.56. The Morgan fingerprint density at radius 2 is 1.94 bits per heavy atom. The van der Waals surface area contributed by atoms with Crippen LogP contribution in [0.1, 0.15) is 46.0 Å². The van der Waals surface area contributed by atoms with Crippen molar-refractivity contribution < 1.29 is 9.53 Å². The van der Waals surface area contributed by atoms with Gasteiger partial charge in [0.2, 0.25) is 0 Å². The standard InChI is InChI=1S/C13H25NO2/c1-13(2,12(15)16-3)10-14-9-11-7-5-4-6-8-11/h11,14H,4-10H2,1-3H3. The number of carbonyl (C=O) groups excluding carboxylic acids is 1. The first kappa shape index (κ1) is 13.5. The minimum absolute atomic E-state index is 0.136. The number of carbonyl (C=O) groups is 1. The van der Waals surface area contributed by atoms with Crippen LogP contribution in [0.3, 0.4) is 0 Å². The smallest absolute Gasteiger partial charge is 0.312 e. The van der Waals surface area contributed by atoms with Crippen molar-refractivity contribution in [2.75, 3.05) is 20.2 Å². The first-order valence-electron chi connectivity index (χ1n) is 6.35. The minimum Gasteiger partial charge on any atom is -0.469 e. The number of ether oxygens (including phenoxy) is 1. The van der Waals surface area contributed by atoms with Crippen molar-refractivity contribution in [3.05, 3.63) is 0 Å². The van der Waals surface area contributed by atoms with Crippen LogP contribution >= 0.6 is 0 Å². The molecule has 0 aromatic carbocycles. The summed E-state index contributed by atoms with van der Waals surface area (Å²) in [5, 5.41) is 3.41. The zero-order valence-electron chi connectivity index (χ0n) is 10.8. The first-order valence-corrected chi connectivity index (χ1v) is 6.35. The Morgan fingerprint density at radius 3 is 2.50 bits per heavy atom. The summed E-state index contributed by atoms with van der Waals surface area (Å²) in [6, 6.07) is 0. The van der Waals surface area contributed by atoms with Gasteiger partial charge >= 0.3 is 5.97 Å². The van der Waals surface area contributed by atoms with Crippen molar-refractivity contribution in [2.24, 2.45) is 11.3 Å². The molecule has 3 nitrogen and oxygen atoms in total. The fourth-order valence-electron chi connectivity index (χ4n) is 2.33. The lowest BCUT2D eigenvalue weighted by Gasteiger charge is -2.25. The van der Waals surface area contributed by atoms with E-state index in [0.717, 1.165) is 12.5 Å². The van der Waals surface area contributed by atoms with Gasteiger partial charge in [0, 0.05) is 6.54 Å². The number of rotatable bonds is 5. The van der Waals surface area contributed by atoms with Gasteiger partial charge in [-0.25, -0.2) is 0 Å². The van der Waals surface area contributed by atoms with Crippen LogP contribution in [0.5, 0.6) is 0 Å². The number of hydrogen-bond acceptors (Lipinski definition) is 3. The second-order valence-corrected chi connectivity index (χ2v) is 5.51. The van der Waals surface area contributed by atoms with Gasteiger partial charge in [0.25, 0.3) is 0 Å². The van der Waals surface area contributed by atoms with Crippen molar-refractivity contribution >= 4 is 5.97 Å². The molecule has 3 heteroatoms. The number of hydrogen-bond donors (Lipinski definition) is 1. The van der Waals surface area contributed by atoms with Crippen molar-refractivity contribution in [3.63, 3.8) is 0 Å². The highest BCUT2D eigenvalue weighted by Gasteiger charge is 2.28. The third-order valence-corrected chi connectivity index (χ3v) is 3.46. The lowest BCUT2D eigenvalue weighted by Crippen LogP contribution is -2.39. The van der Waals surface area contributed by atoms with Crippen LogP contribution in [-0.2, 0) is 9.53 Å². The van der Waals surface area contributed by atoms with E-state index in [1.54, 1.807) is 0 Å². The predicted octanol–water partition coefficient (Wildman–Crippen LogP) is 2.36. The average Bonchev–Trinajstić information content (AvgIpc) is 2.29. The molecule has 0 aromatic rings. The highest BCUT2D eigenvalue weighted by atomic mass is 16.5. The molecule has 1 rings (SSSR count). The summed E-state index contributed by atoms with van der Waals surface area (Å²) in [7, 11) is 1.45. The van der Waals surface area contributed by atoms with Crippen LogP contribution in [0.2, 0.25) is 0 Å². The summed E-state index contributed by atoms with van der Waals surface area (Å²) in [6.07, 6.45) is 6.81.